The minimum atomic E-state index is 0.623. The molecule has 0 amide bonds. The van der Waals surface area contributed by atoms with Gasteiger partial charge in [0.05, 0.1) is 6.54 Å². The van der Waals surface area contributed by atoms with Crippen LogP contribution in [-0.2, 0) is 6.54 Å². The molecular weight excluding hydrogens is 362 g/mol. The molecule has 2 aliphatic rings. The summed E-state index contributed by atoms with van der Waals surface area (Å²) in [6.07, 6.45) is 4.50. The van der Waals surface area contributed by atoms with Gasteiger partial charge >= 0.3 is 0 Å². The van der Waals surface area contributed by atoms with Crippen LogP contribution >= 0.6 is 0 Å². The van der Waals surface area contributed by atoms with Gasteiger partial charge in [-0.2, -0.15) is 0 Å². The molecule has 1 atom stereocenters. The molecule has 0 spiro atoms. The van der Waals surface area contributed by atoms with Gasteiger partial charge in [0.2, 0.25) is 0 Å². The Hall–Kier alpha value is -1.86. The van der Waals surface area contributed by atoms with Crippen LogP contribution in [0.3, 0.4) is 0 Å². The Labute approximate surface area is 176 Å². The van der Waals surface area contributed by atoms with E-state index in [9.17, 15) is 0 Å². The molecule has 29 heavy (non-hydrogen) atoms. The maximum absolute atomic E-state index is 4.83. The Morgan fingerprint density at radius 3 is 2.66 bits per heavy atom. The molecule has 3 heterocycles. The van der Waals surface area contributed by atoms with Gasteiger partial charge in [-0.05, 0) is 57.1 Å². The van der Waals surface area contributed by atoms with E-state index in [4.69, 9.17) is 4.99 Å². The van der Waals surface area contributed by atoms with Crippen LogP contribution < -0.4 is 15.5 Å². The fourth-order valence-corrected chi connectivity index (χ4v) is 4.29. The predicted octanol–water partition coefficient (Wildman–Crippen LogP) is 1.76. The van der Waals surface area contributed by atoms with E-state index < -0.39 is 0 Å². The van der Waals surface area contributed by atoms with Crippen LogP contribution in [0.15, 0.2) is 23.3 Å². The lowest BCUT2D eigenvalue weighted by molar-refractivity contribution is 0.267. The third-order valence-corrected chi connectivity index (χ3v) is 6.13. The first kappa shape index (κ1) is 21.8. The number of nitrogens with zero attached hydrogens (tertiary/aromatic N) is 5. The zero-order valence-corrected chi connectivity index (χ0v) is 18.5. The van der Waals surface area contributed by atoms with Crippen molar-refractivity contribution in [2.24, 2.45) is 4.99 Å². The lowest BCUT2D eigenvalue weighted by atomic mass is 10.2. The highest BCUT2D eigenvalue weighted by Crippen LogP contribution is 2.17. The summed E-state index contributed by atoms with van der Waals surface area (Å²) in [5.74, 6) is 1.99. The summed E-state index contributed by atoms with van der Waals surface area (Å²) < 4.78 is 0. The smallest absolute Gasteiger partial charge is 0.191 e. The second kappa shape index (κ2) is 11.4. The quantitative estimate of drug-likeness (QED) is 0.511. The summed E-state index contributed by atoms with van der Waals surface area (Å²) in [4.78, 5) is 16.9. The van der Waals surface area contributed by atoms with Crippen molar-refractivity contribution in [2.75, 3.05) is 63.8 Å². The number of piperazine rings is 1. The van der Waals surface area contributed by atoms with Gasteiger partial charge in [0.1, 0.15) is 5.82 Å². The largest absolute Gasteiger partial charge is 0.357 e. The van der Waals surface area contributed by atoms with E-state index in [0.29, 0.717) is 12.6 Å². The van der Waals surface area contributed by atoms with Crippen LogP contribution in [0.1, 0.15) is 39.2 Å². The van der Waals surface area contributed by atoms with Gasteiger partial charge in [0.15, 0.2) is 5.96 Å². The van der Waals surface area contributed by atoms with Gasteiger partial charge in [0, 0.05) is 51.5 Å². The van der Waals surface area contributed by atoms with E-state index in [1.165, 1.54) is 24.9 Å². The monoisotopic (exact) mass is 401 g/mol. The zero-order chi connectivity index (χ0) is 20.5. The van der Waals surface area contributed by atoms with Gasteiger partial charge in [0.25, 0.3) is 0 Å². The Balaban J connectivity index is 1.56. The summed E-state index contributed by atoms with van der Waals surface area (Å²) in [7, 11) is 0. The number of anilines is 1. The van der Waals surface area contributed by atoms with Gasteiger partial charge in [-0.1, -0.05) is 13.8 Å². The summed E-state index contributed by atoms with van der Waals surface area (Å²) >= 11 is 0. The van der Waals surface area contributed by atoms with E-state index in [0.717, 1.165) is 64.1 Å². The van der Waals surface area contributed by atoms with Crippen molar-refractivity contribution >= 4 is 11.8 Å². The molecule has 0 aromatic carbocycles. The van der Waals surface area contributed by atoms with Gasteiger partial charge in [-0.15, -0.1) is 0 Å². The molecule has 1 aromatic rings. The van der Waals surface area contributed by atoms with Crippen molar-refractivity contribution in [3.05, 3.63) is 23.9 Å². The van der Waals surface area contributed by atoms with Crippen molar-refractivity contribution in [1.29, 1.82) is 0 Å². The molecule has 7 nitrogen and oxygen atoms in total. The van der Waals surface area contributed by atoms with Crippen molar-refractivity contribution in [1.82, 2.24) is 25.4 Å². The van der Waals surface area contributed by atoms with Gasteiger partial charge in [-0.25, -0.2) is 9.98 Å². The fourth-order valence-electron chi connectivity index (χ4n) is 4.29. The highest BCUT2D eigenvalue weighted by Gasteiger charge is 2.22. The number of aliphatic imine (C=N–C) groups is 1. The Bertz CT molecular complexity index is 640. The fraction of sp³-hybridized carbons (Fsp3) is 0.727. The number of likely N-dealkylation sites (tertiary alicyclic amines) is 1. The Morgan fingerprint density at radius 1 is 1.10 bits per heavy atom. The van der Waals surface area contributed by atoms with Crippen LogP contribution in [0.5, 0.6) is 0 Å². The van der Waals surface area contributed by atoms with Crippen LogP contribution in [0.25, 0.3) is 0 Å². The molecular formula is C22H39N7. The van der Waals surface area contributed by atoms with Crippen LogP contribution in [0, 0.1) is 0 Å². The SMILES string of the molecule is CCNC(=NCc1ccnc(N2CCN(CC)CC2)c1)NCC1CCCN1CC. The number of aromatic nitrogens is 1. The molecule has 162 valence electrons. The molecule has 1 aromatic heterocycles. The number of nitrogens with one attached hydrogen (secondary N) is 2. The number of hydrogen-bond donors (Lipinski definition) is 2. The van der Waals surface area contributed by atoms with Crippen LogP contribution in [0.2, 0.25) is 0 Å². The molecule has 2 fully saturated rings. The van der Waals surface area contributed by atoms with E-state index >= 15 is 0 Å². The first-order valence-corrected chi connectivity index (χ1v) is 11.4. The predicted molar refractivity (Wildman–Crippen MR) is 122 cm³/mol. The molecule has 0 radical (unpaired) electrons. The van der Waals surface area contributed by atoms with Crippen LogP contribution in [0.4, 0.5) is 5.82 Å². The zero-order valence-electron chi connectivity index (χ0n) is 18.5. The summed E-state index contributed by atoms with van der Waals surface area (Å²) in [5, 5.41) is 6.94. The highest BCUT2D eigenvalue weighted by molar-refractivity contribution is 5.79. The average Bonchev–Trinajstić information content (AvgIpc) is 3.23. The molecule has 0 saturated carbocycles. The Morgan fingerprint density at radius 2 is 1.93 bits per heavy atom. The maximum atomic E-state index is 4.83. The number of pyridine rings is 1. The summed E-state index contributed by atoms with van der Waals surface area (Å²) in [6.45, 7) is 16.9. The highest BCUT2D eigenvalue weighted by atomic mass is 15.3. The van der Waals surface area contributed by atoms with E-state index in [1.807, 2.05) is 6.20 Å². The van der Waals surface area contributed by atoms with Crippen molar-refractivity contribution in [3.8, 4) is 0 Å². The van der Waals surface area contributed by atoms with E-state index in [1.54, 1.807) is 0 Å². The van der Waals surface area contributed by atoms with Crippen molar-refractivity contribution < 1.29 is 0 Å². The maximum Gasteiger partial charge on any atom is 0.191 e. The number of likely N-dealkylation sites (N-methyl/N-ethyl adjacent to an activating group) is 2. The average molecular weight is 402 g/mol. The Kier molecular flexibility index (Phi) is 8.55. The molecule has 3 rings (SSSR count). The standard InChI is InChI=1S/C22H39N7/c1-4-23-22(26-18-20-8-7-11-28(20)6-3)25-17-19-9-10-24-21(16-19)29-14-12-27(5-2)13-15-29/h9-10,16,20H,4-8,11-15,17-18H2,1-3H3,(H2,23,25,26). The second-order valence-corrected chi connectivity index (χ2v) is 7.94. The van der Waals surface area contributed by atoms with Crippen LogP contribution in [-0.4, -0.2) is 85.7 Å². The minimum absolute atomic E-state index is 0.623. The molecule has 2 saturated heterocycles. The first-order chi connectivity index (χ1) is 14.2. The number of guanidine groups is 1. The third kappa shape index (κ3) is 6.31. The molecule has 2 N–H and O–H groups in total. The van der Waals surface area contributed by atoms with Gasteiger partial charge in [-0.3, -0.25) is 4.90 Å². The minimum Gasteiger partial charge on any atom is -0.357 e. The summed E-state index contributed by atoms with van der Waals surface area (Å²) in [6, 6.07) is 4.90. The van der Waals surface area contributed by atoms with E-state index in [-0.39, 0.29) is 0 Å². The lowest BCUT2D eigenvalue weighted by Crippen LogP contribution is -2.46. The van der Waals surface area contributed by atoms with Crippen molar-refractivity contribution in [2.45, 2.75) is 46.2 Å². The first-order valence-electron chi connectivity index (χ1n) is 11.4. The normalized spacial score (nSPS) is 21.6. The number of rotatable bonds is 8. The molecule has 1 unspecified atom stereocenters. The topological polar surface area (TPSA) is 59.0 Å². The van der Waals surface area contributed by atoms with Crippen molar-refractivity contribution in [3.63, 3.8) is 0 Å². The lowest BCUT2D eigenvalue weighted by Gasteiger charge is -2.34. The molecule has 7 heteroatoms. The second-order valence-electron chi connectivity index (χ2n) is 7.94. The van der Waals surface area contributed by atoms with Gasteiger partial charge < -0.3 is 20.4 Å². The molecule has 0 bridgehead atoms. The molecule has 2 aliphatic heterocycles. The third-order valence-electron chi connectivity index (χ3n) is 6.13. The molecule has 0 aliphatic carbocycles. The van der Waals surface area contributed by atoms with E-state index in [2.05, 4.69) is 63.2 Å². The summed E-state index contributed by atoms with van der Waals surface area (Å²) in [5.41, 5.74) is 1.21. The number of hydrogen-bond acceptors (Lipinski definition) is 5.